The summed E-state index contributed by atoms with van der Waals surface area (Å²) < 4.78 is 28.3. The number of piperidine rings is 1. The third-order valence-electron chi connectivity index (χ3n) is 5.70. The lowest BCUT2D eigenvalue weighted by Gasteiger charge is -2.39. The second-order valence-electron chi connectivity index (χ2n) is 7.22. The van der Waals surface area contributed by atoms with E-state index in [1.54, 1.807) is 4.31 Å². The molecule has 3 fully saturated rings. The topological polar surface area (TPSA) is 98.2 Å². The van der Waals surface area contributed by atoms with E-state index in [9.17, 15) is 23.1 Å². The number of likely N-dealkylation sites (tertiary alicyclic amines) is 1. The second kappa shape index (κ2) is 6.27. The molecule has 1 spiro atoms. The zero-order chi connectivity index (χ0) is 17.5. The van der Waals surface area contributed by atoms with Crippen molar-refractivity contribution < 1.29 is 23.1 Å². The number of rotatable bonds is 3. The van der Waals surface area contributed by atoms with Crippen LogP contribution >= 0.6 is 0 Å². The van der Waals surface area contributed by atoms with Gasteiger partial charge in [0, 0.05) is 39.6 Å². The van der Waals surface area contributed by atoms with Crippen LogP contribution < -0.4 is 0 Å². The molecule has 0 saturated carbocycles. The minimum Gasteiger partial charge on any atom is -0.480 e. The van der Waals surface area contributed by atoms with Gasteiger partial charge in [-0.15, -0.1) is 0 Å². The Morgan fingerprint density at radius 2 is 1.58 bits per heavy atom. The molecule has 3 aliphatic heterocycles. The molecule has 1 amide bonds. The first-order valence-corrected chi connectivity index (χ1v) is 9.90. The van der Waals surface area contributed by atoms with E-state index < -0.39 is 22.2 Å². The van der Waals surface area contributed by atoms with E-state index in [-0.39, 0.29) is 11.3 Å². The van der Waals surface area contributed by atoms with Crippen LogP contribution in [-0.4, -0.2) is 77.7 Å². The lowest BCUT2D eigenvalue weighted by atomic mass is 9.77. The van der Waals surface area contributed by atoms with Gasteiger partial charge in [0.2, 0.25) is 5.91 Å². The largest absolute Gasteiger partial charge is 0.480 e. The van der Waals surface area contributed by atoms with Gasteiger partial charge in [0.25, 0.3) is 10.2 Å². The summed E-state index contributed by atoms with van der Waals surface area (Å²) in [6.45, 7) is 3.78. The number of carboxylic acid groups (broad SMARTS) is 1. The molecule has 0 radical (unpaired) electrons. The summed E-state index contributed by atoms with van der Waals surface area (Å²) in [7, 11) is -3.40. The van der Waals surface area contributed by atoms with Gasteiger partial charge in [-0.1, -0.05) is 0 Å². The number of aliphatic carboxylic acids is 1. The average molecular weight is 359 g/mol. The Morgan fingerprint density at radius 3 is 2.04 bits per heavy atom. The van der Waals surface area contributed by atoms with Gasteiger partial charge in [0.1, 0.15) is 6.04 Å². The van der Waals surface area contributed by atoms with Gasteiger partial charge in [-0.3, -0.25) is 4.79 Å². The smallest absolute Gasteiger partial charge is 0.326 e. The predicted molar refractivity (Wildman–Crippen MR) is 86.4 cm³/mol. The van der Waals surface area contributed by atoms with Gasteiger partial charge in [0.15, 0.2) is 0 Å². The summed E-state index contributed by atoms with van der Waals surface area (Å²) in [4.78, 5) is 24.6. The molecule has 136 valence electrons. The molecule has 0 aromatic heterocycles. The van der Waals surface area contributed by atoms with Crippen molar-refractivity contribution >= 4 is 22.1 Å². The number of hydrogen-bond donors (Lipinski definition) is 1. The fourth-order valence-electron chi connectivity index (χ4n) is 4.24. The Hall–Kier alpha value is -1.19. The summed E-state index contributed by atoms with van der Waals surface area (Å²) in [5, 5.41) is 9.36. The zero-order valence-corrected chi connectivity index (χ0v) is 14.8. The summed E-state index contributed by atoms with van der Waals surface area (Å²) in [5.41, 5.74) is -0.272. The Morgan fingerprint density at radius 1 is 1.04 bits per heavy atom. The molecule has 3 aliphatic rings. The lowest BCUT2D eigenvalue weighted by Crippen LogP contribution is -2.49. The SMILES string of the molecule is CC(=O)N1CC2(CCN(S(=O)(=O)N3CCCC3)CC2)C[C@@H]1C(=O)O. The van der Waals surface area contributed by atoms with Crippen molar-refractivity contribution in [2.75, 3.05) is 32.7 Å². The maximum atomic E-state index is 12.6. The highest BCUT2D eigenvalue weighted by Crippen LogP contribution is 2.44. The molecule has 3 heterocycles. The first kappa shape index (κ1) is 17.6. The zero-order valence-electron chi connectivity index (χ0n) is 14.0. The van der Waals surface area contributed by atoms with Crippen molar-refractivity contribution in [1.29, 1.82) is 0 Å². The van der Waals surface area contributed by atoms with Crippen LogP contribution in [0, 0.1) is 5.41 Å². The molecule has 0 aliphatic carbocycles. The van der Waals surface area contributed by atoms with Crippen LogP contribution in [0.15, 0.2) is 0 Å². The maximum Gasteiger partial charge on any atom is 0.326 e. The van der Waals surface area contributed by atoms with Crippen LogP contribution in [0.5, 0.6) is 0 Å². The number of carboxylic acids is 1. The van der Waals surface area contributed by atoms with Crippen molar-refractivity contribution in [3.63, 3.8) is 0 Å². The molecule has 3 rings (SSSR count). The van der Waals surface area contributed by atoms with Crippen LogP contribution in [-0.2, 0) is 19.8 Å². The Kier molecular flexibility index (Phi) is 4.61. The molecular formula is C15H25N3O5S. The molecule has 1 N–H and O–H groups in total. The first-order chi connectivity index (χ1) is 11.3. The van der Waals surface area contributed by atoms with E-state index >= 15 is 0 Å². The number of carbonyl (C=O) groups excluding carboxylic acids is 1. The van der Waals surface area contributed by atoms with E-state index in [1.165, 1.54) is 16.1 Å². The Labute approximate surface area is 142 Å². The molecular weight excluding hydrogens is 334 g/mol. The highest BCUT2D eigenvalue weighted by molar-refractivity contribution is 7.86. The number of amides is 1. The molecule has 0 aromatic rings. The maximum absolute atomic E-state index is 12.6. The van der Waals surface area contributed by atoms with Gasteiger partial charge in [-0.05, 0) is 37.5 Å². The quantitative estimate of drug-likeness (QED) is 0.771. The molecule has 0 bridgehead atoms. The molecule has 8 nitrogen and oxygen atoms in total. The fourth-order valence-corrected chi connectivity index (χ4v) is 5.93. The van der Waals surface area contributed by atoms with E-state index in [1.807, 2.05) is 0 Å². The summed E-state index contributed by atoms with van der Waals surface area (Å²) in [6, 6.07) is -0.788. The van der Waals surface area contributed by atoms with Gasteiger partial charge in [0.05, 0.1) is 0 Å². The van der Waals surface area contributed by atoms with Crippen molar-refractivity contribution in [1.82, 2.24) is 13.5 Å². The van der Waals surface area contributed by atoms with Crippen LogP contribution in [0.3, 0.4) is 0 Å². The number of hydrogen-bond acceptors (Lipinski definition) is 4. The Balaban J connectivity index is 1.68. The van der Waals surface area contributed by atoms with Gasteiger partial charge >= 0.3 is 5.97 Å². The van der Waals surface area contributed by atoms with E-state index in [0.717, 1.165) is 12.8 Å². The van der Waals surface area contributed by atoms with Crippen molar-refractivity contribution in [2.24, 2.45) is 5.41 Å². The number of nitrogens with zero attached hydrogens (tertiary/aromatic N) is 3. The highest BCUT2D eigenvalue weighted by Gasteiger charge is 2.50. The van der Waals surface area contributed by atoms with Crippen LogP contribution in [0.1, 0.15) is 39.0 Å². The Bertz CT molecular complexity index is 597. The minimum absolute atomic E-state index is 0.230. The molecule has 24 heavy (non-hydrogen) atoms. The predicted octanol–water partition coefficient (Wildman–Crippen LogP) is 0.115. The highest BCUT2D eigenvalue weighted by atomic mass is 32.2. The molecule has 9 heteroatoms. The van der Waals surface area contributed by atoms with Crippen molar-refractivity contribution in [3.05, 3.63) is 0 Å². The summed E-state index contributed by atoms with van der Waals surface area (Å²) >= 11 is 0. The minimum atomic E-state index is -3.40. The van der Waals surface area contributed by atoms with Crippen LogP contribution in [0.2, 0.25) is 0 Å². The number of carbonyl (C=O) groups is 2. The van der Waals surface area contributed by atoms with E-state index in [4.69, 9.17) is 0 Å². The third kappa shape index (κ3) is 3.04. The normalized spacial score (nSPS) is 28.5. The van der Waals surface area contributed by atoms with E-state index in [2.05, 4.69) is 0 Å². The summed E-state index contributed by atoms with van der Waals surface area (Å²) in [5.74, 6) is -1.21. The van der Waals surface area contributed by atoms with Gasteiger partial charge < -0.3 is 10.0 Å². The molecule has 0 unspecified atom stereocenters. The summed E-state index contributed by atoms with van der Waals surface area (Å²) in [6.07, 6.45) is 3.44. The van der Waals surface area contributed by atoms with Crippen LogP contribution in [0.25, 0.3) is 0 Å². The van der Waals surface area contributed by atoms with E-state index in [0.29, 0.717) is 52.0 Å². The molecule has 0 aromatic carbocycles. The van der Waals surface area contributed by atoms with Crippen molar-refractivity contribution in [2.45, 2.75) is 45.1 Å². The van der Waals surface area contributed by atoms with Crippen LogP contribution in [0.4, 0.5) is 0 Å². The average Bonchev–Trinajstić information content (AvgIpc) is 3.16. The first-order valence-electron chi connectivity index (χ1n) is 8.50. The lowest BCUT2D eigenvalue weighted by molar-refractivity contribution is -0.147. The molecule has 1 atom stereocenters. The van der Waals surface area contributed by atoms with Gasteiger partial charge in [-0.2, -0.15) is 17.0 Å². The fraction of sp³-hybridized carbons (Fsp3) is 0.867. The third-order valence-corrected chi connectivity index (χ3v) is 7.73. The monoisotopic (exact) mass is 359 g/mol. The second-order valence-corrected chi connectivity index (χ2v) is 9.15. The van der Waals surface area contributed by atoms with Gasteiger partial charge in [-0.25, -0.2) is 4.79 Å². The molecule has 3 saturated heterocycles. The van der Waals surface area contributed by atoms with Crippen molar-refractivity contribution in [3.8, 4) is 0 Å². The standard InChI is InChI=1S/C15H25N3O5S/c1-12(19)18-11-15(10-13(18)14(20)21)4-8-17(9-5-15)24(22,23)16-6-2-3-7-16/h13H,2-11H2,1H3,(H,20,21)/t13-/m1/s1.